The summed E-state index contributed by atoms with van der Waals surface area (Å²) in [5.41, 5.74) is 22.8. The maximum Gasteiger partial charge on any atom is 0.335 e. The first kappa shape index (κ1) is 79.6. The van der Waals surface area contributed by atoms with Crippen molar-refractivity contribution < 1.29 is 65.7 Å². The lowest BCUT2D eigenvalue weighted by Gasteiger charge is -2.52. The van der Waals surface area contributed by atoms with Gasteiger partial charge in [0.25, 0.3) is 0 Å². The van der Waals surface area contributed by atoms with Crippen molar-refractivity contribution in [3.05, 3.63) is 54.7 Å². The summed E-state index contributed by atoms with van der Waals surface area (Å²) < 4.78 is 66.4. The van der Waals surface area contributed by atoms with Gasteiger partial charge in [-0.3, -0.25) is 0 Å². The number of anilines is 3. The fourth-order valence-corrected chi connectivity index (χ4v) is 37.9. The van der Waals surface area contributed by atoms with E-state index in [9.17, 15) is 25.5 Å². The minimum Gasteiger partial charge on any atom is -0.414 e. The number of hydrogen-bond acceptors (Lipinski definition) is 26. The molecule has 11 heterocycles. The summed E-state index contributed by atoms with van der Waals surface area (Å²) in [5, 5.41) is 67.8. The number of aliphatic hydroxyl groups is 5. The van der Waals surface area contributed by atoms with Crippen molar-refractivity contribution in [2.24, 2.45) is 0 Å². The van der Waals surface area contributed by atoms with Gasteiger partial charge in [-0.05, 0) is 44.3 Å². The quantitative estimate of drug-likeness (QED) is 0.0440. The molecule has 12 atom stereocenters. The van der Waals surface area contributed by atoms with Crippen molar-refractivity contribution in [3.8, 4) is 35.3 Å². The topological polar surface area (TPSA) is 392 Å². The van der Waals surface area contributed by atoms with E-state index >= 15 is 0 Å². The van der Waals surface area contributed by atoms with Crippen molar-refractivity contribution >= 4 is 84.8 Å². The van der Waals surface area contributed by atoms with E-state index in [1.165, 1.54) is 29.7 Å². The molecule has 6 aromatic rings. The summed E-state index contributed by atoms with van der Waals surface area (Å²) >= 11 is 0. The number of rotatable bonds is 12. The normalized spacial score (nSPS) is 29.3. The van der Waals surface area contributed by atoms with Gasteiger partial charge in [0.15, 0.2) is 51.2 Å². The van der Waals surface area contributed by atoms with E-state index in [2.05, 4.69) is 224 Å². The third-order valence-electron chi connectivity index (χ3n) is 19.7. The van der Waals surface area contributed by atoms with Crippen LogP contribution in [0.15, 0.2) is 37.6 Å². The van der Waals surface area contributed by atoms with Gasteiger partial charge in [0, 0.05) is 0 Å². The first-order valence-corrected chi connectivity index (χ1v) is 49.7. The van der Waals surface area contributed by atoms with Crippen LogP contribution in [-0.2, 0) is 40.1 Å². The molecule has 0 saturated carbocycles. The van der Waals surface area contributed by atoms with Gasteiger partial charge in [-0.1, -0.05) is 168 Å². The molecule has 0 amide bonds. The number of hydrogen-bond donors (Lipinski definition) is 8. The lowest BCUT2D eigenvalue weighted by Crippen LogP contribution is -2.67. The molecule has 5 saturated heterocycles. The molecule has 0 unspecified atom stereocenters. The first-order valence-electron chi connectivity index (χ1n) is 34.8. The Kier molecular flexibility index (Phi) is 23.2. The number of aliphatic hydroxyl groups excluding tert-OH is 2. The Hall–Kier alpha value is -5.53. The second kappa shape index (κ2) is 29.4. The van der Waals surface area contributed by atoms with Crippen molar-refractivity contribution in [2.45, 2.75) is 266 Å². The van der Waals surface area contributed by atoms with Crippen LogP contribution < -0.4 is 17.2 Å². The Bertz CT molecular complexity index is 3870. The van der Waals surface area contributed by atoms with Gasteiger partial charge in [0.1, 0.15) is 90.1 Å². The summed E-state index contributed by atoms with van der Waals surface area (Å²) in [6.07, 6.45) is 5.79. The van der Waals surface area contributed by atoms with E-state index in [1.807, 2.05) is 0 Å². The van der Waals surface area contributed by atoms with Crippen molar-refractivity contribution in [3.63, 3.8) is 0 Å². The summed E-state index contributed by atoms with van der Waals surface area (Å²) in [5.74, 6) is 9.30. The van der Waals surface area contributed by atoms with E-state index in [0.29, 0.717) is 28.4 Å². The van der Waals surface area contributed by atoms with Gasteiger partial charge in [0.05, 0.1) is 55.5 Å². The largest absolute Gasteiger partial charge is 0.414 e. The zero-order chi connectivity index (χ0) is 74.9. The molecule has 5 aliphatic heterocycles. The highest BCUT2D eigenvalue weighted by atomic mass is 28.5. The molecular weight excluding hydrogens is 1400 g/mol. The second-order valence-electron chi connectivity index (χ2n) is 31.6. The molecule has 0 radical (unpaired) electrons. The fraction of sp³-hybridized carbons (Fsp3) is 0.682. The number of terminal acetylenes is 1. The minimum atomic E-state index is -3.04. The fourth-order valence-electron chi connectivity index (χ4n) is 14.3. The number of aromatic nitrogens is 12. The molecule has 11 N–H and O–H groups in total. The third-order valence-corrected chi connectivity index (χ3v) is 41.9. The molecule has 11 rings (SSSR count). The lowest BCUT2D eigenvalue weighted by atomic mass is 9.90. The van der Waals surface area contributed by atoms with Crippen LogP contribution in [0.3, 0.4) is 0 Å². The molecule has 101 heavy (non-hydrogen) atoms. The molecule has 0 aliphatic carbocycles. The van der Waals surface area contributed by atoms with Gasteiger partial charge in [-0.25, -0.2) is 43.5 Å². The van der Waals surface area contributed by atoms with Crippen LogP contribution in [0.4, 0.5) is 17.5 Å². The molecule has 5 aliphatic rings. The van der Waals surface area contributed by atoms with Crippen molar-refractivity contribution in [2.75, 3.05) is 37.0 Å². The van der Waals surface area contributed by atoms with Crippen LogP contribution in [0, 0.1) is 35.3 Å². The van der Waals surface area contributed by atoms with Crippen LogP contribution in [0.25, 0.3) is 16.9 Å². The highest BCUT2D eigenvalue weighted by molar-refractivity contribution is 6.85. The number of nitrogens with two attached hydrogens (primary N) is 3. The van der Waals surface area contributed by atoms with Crippen LogP contribution in [0.2, 0.25) is 83.6 Å². The van der Waals surface area contributed by atoms with E-state index < -0.39 is 129 Å². The van der Waals surface area contributed by atoms with E-state index in [0.717, 1.165) is 0 Å². The Morgan fingerprint density at radius 2 is 0.792 bits per heavy atom. The van der Waals surface area contributed by atoms with Gasteiger partial charge in [-0.15, -0.1) is 17.5 Å². The van der Waals surface area contributed by atoms with E-state index in [-0.39, 0.29) is 80.6 Å². The Morgan fingerprint density at radius 1 is 0.495 bits per heavy atom. The molecule has 0 aromatic carbocycles. The summed E-state index contributed by atoms with van der Waals surface area (Å²) in [6, 6.07) is 0. The van der Waals surface area contributed by atoms with Crippen LogP contribution in [0.5, 0.6) is 0 Å². The predicted octanol–water partition coefficient (Wildman–Crippen LogP) is 7.29. The zero-order valence-electron chi connectivity index (χ0n) is 62.5. The second-order valence-corrected chi connectivity index (χ2v) is 58.8. The number of nitrogens with zero attached hydrogens (tertiary/aromatic N) is 12. The average Bonchev–Trinajstić information content (AvgIpc) is 1.62. The summed E-state index contributed by atoms with van der Waals surface area (Å²) in [4.78, 5) is 24.9. The molecule has 0 spiro atoms. The zero-order valence-corrected chi connectivity index (χ0v) is 68.5. The van der Waals surface area contributed by atoms with Gasteiger partial charge >= 0.3 is 34.2 Å². The number of nitrogen functional groups attached to an aromatic ring is 3. The number of ether oxygens (including phenoxy) is 3. The average molecular weight is 1500 g/mol. The monoisotopic (exact) mass is 1500 g/mol. The summed E-state index contributed by atoms with van der Waals surface area (Å²) in [7, 11) is -15.4. The van der Waals surface area contributed by atoms with Gasteiger partial charge < -0.3 is 82.9 Å². The maximum atomic E-state index is 12.7. The molecule has 35 heteroatoms. The summed E-state index contributed by atoms with van der Waals surface area (Å²) in [6.45, 7) is 47.6. The Morgan fingerprint density at radius 3 is 1.06 bits per heavy atom. The molecule has 554 valence electrons. The predicted molar refractivity (Wildman–Crippen MR) is 395 cm³/mol. The number of fused-ring (bicyclic) bond motifs is 5. The minimum absolute atomic E-state index is 0.0933. The standard InChI is InChI=1S/2C27H47N5O5Si3.C12H13N5O4/c2*1-17(2)39(18(3)4)34-15-22-24(36-40(37-39,19(5)6)20(7)8)27(33,12-13-38(9,10)11)23(35-22)21-14-29-26-25(28)30-16-31-32(21)26;1-2-12(20)8(19)7(4-18)21-9(12)6-3-14-11-10(13)15-5-16-17(6)11/h2*14,16-20,22-24,33H,15H2,1-11H3,(H2,28,30,31);1,3,5,7-9,18-20H,4H2,(H2,13,15,16)/t22-,23+,24-,27+;22-,23+,24-,27-;7-,8-,9+,12-/m111/s1. The maximum absolute atomic E-state index is 12.7. The Labute approximate surface area is 599 Å². The van der Waals surface area contributed by atoms with Crippen LogP contribution >= 0.6 is 0 Å². The van der Waals surface area contributed by atoms with Crippen molar-refractivity contribution in [1.82, 2.24) is 58.7 Å². The molecule has 29 nitrogen and oxygen atoms in total. The first-order chi connectivity index (χ1) is 47.0. The molecular formula is C66H107N15O14Si6. The Balaban J connectivity index is 0.000000185. The van der Waals surface area contributed by atoms with Gasteiger partial charge in [0.2, 0.25) is 0 Å². The van der Waals surface area contributed by atoms with Gasteiger partial charge in [-0.2, -0.15) is 15.3 Å². The highest BCUT2D eigenvalue weighted by Gasteiger charge is 2.68. The molecule has 6 aromatic heterocycles. The highest BCUT2D eigenvalue weighted by Crippen LogP contribution is 2.55. The van der Waals surface area contributed by atoms with E-state index in [1.54, 1.807) is 21.4 Å². The number of imidazole rings is 3. The SMILES string of the molecule is C#C[C@@]1(O)[C@H](O)[C@@H](CO)O[C@H]1c1cnc2c(N)ncnn12.CC(C)[Si]1(C(C)C)OC[C@H]2O[C@@H](c3cnc4c(N)ncnn34)[C@@](O)(C#C[Si](C)(C)C)[C@@H]2O[Si](C(C)C)(C(C)C)O1.CC(C)[Si]1(C(C)C)OC[C@H]2O[C@@H](c3cnc4c(N)ncnn34)[C@](O)(C#C[Si](C)(C)C)[C@@H]2O[Si](C(C)C)(C(C)C)O1. The lowest BCUT2D eigenvalue weighted by molar-refractivity contribution is -0.0437. The van der Waals surface area contributed by atoms with Crippen molar-refractivity contribution in [1.29, 1.82) is 0 Å². The molecule has 5 fully saturated rings. The third kappa shape index (κ3) is 14.4. The van der Waals surface area contributed by atoms with E-state index in [4.69, 9.17) is 63.8 Å². The smallest absolute Gasteiger partial charge is 0.335 e. The van der Waals surface area contributed by atoms with Crippen LogP contribution in [0.1, 0.15) is 146 Å². The molecule has 0 bridgehead atoms. The van der Waals surface area contributed by atoms with Crippen LogP contribution in [-0.4, -0.2) is 208 Å².